The summed E-state index contributed by atoms with van der Waals surface area (Å²) in [4.78, 5) is 12.5. The standard InChI is InChI=1S/C19H17F4NO3/c1-18(2)16(25)15(24-17(26)10-3-6-12(20)7-4-10)13-9-11(19(21,22)23)5-8-14(13)27-18/h3-9,15-16,25H,1-2H3,(H,24,26)/t15-,16+/m1/s1. The van der Waals surface area contributed by atoms with Crippen molar-refractivity contribution >= 4 is 5.91 Å². The molecule has 0 aliphatic carbocycles. The molecule has 3 rings (SSSR count). The Morgan fingerprint density at radius 2 is 1.78 bits per heavy atom. The fraction of sp³-hybridized carbons (Fsp3) is 0.316. The predicted molar refractivity (Wildman–Crippen MR) is 88.8 cm³/mol. The van der Waals surface area contributed by atoms with E-state index in [1.165, 1.54) is 18.2 Å². The summed E-state index contributed by atoms with van der Waals surface area (Å²) in [6, 6.07) is 6.44. The molecule has 8 heteroatoms. The van der Waals surface area contributed by atoms with Crippen molar-refractivity contribution in [2.24, 2.45) is 0 Å². The van der Waals surface area contributed by atoms with Gasteiger partial charge in [0.05, 0.1) is 11.6 Å². The van der Waals surface area contributed by atoms with E-state index in [1.807, 2.05) is 0 Å². The van der Waals surface area contributed by atoms with Crippen molar-refractivity contribution in [3.8, 4) is 5.75 Å². The third kappa shape index (κ3) is 3.75. The van der Waals surface area contributed by atoms with Gasteiger partial charge in [0.2, 0.25) is 0 Å². The Morgan fingerprint density at radius 1 is 1.15 bits per heavy atom. The summed E-state index contributed by atoms with van der Waals surface area (Å²) >= 11 is 0. The van der Waals surface area contributed by atoms with Gasteiger partial charge in [-0.2, -0.15) is 13.2 Å². The number of halogens is 4. The zero-order valence-corrected chi connectivity index (χ0v) is 14.5. The summed E-state index contributed by atoms with van der Waals surface area (Å²) in [5.41, 5.74) is -1.93. The Balaban J connectivity index is 2.00. The molecular weight excluding hydrogens is 366 g/mol. The molecule has 0 radical (unpaired) electrons. The highest BCUT2D eigenvalue weighted by Gasteiger charge is 2.44. The van der Waals surface area contributed by atoms with Crippen LogP contribution in [0.5, 0.6) is 5.75 Å². The second-order valence-electron chi connectivity index (χ2n) is 6.86. The third-order valence-electron chi connectivity index (χ3n) is 4.47. The van der Waals surface area contributed by atoms with E-state index in [0.29, 0.717) is 0 Å². The smallest absolute Gasteiger partial charge is 0.416 e. The minimum absolute atomic E-state index is 0.0205. The fourth-order valence-electron chi connectivity index (χ4n) is 2.96. The molecule has 0 spiro atoms. The highest BCUT2D eigenvalue weighted by Crippen LogP contribution is 2.42. The van der Waals surface area contributed by atoms with Gasteiger partial charge in [-0.15, -0.1) is 0 Å². The SMILES string of the molecule is CC1(C)Oc2ccc(C(F)(F)F)cc2[C@@H](NC(=O)c2ccc(F)cc2)[C@@H]1O. The molecule has 2 atom stereocenters. The Morgan fingerprint density at radius 3 is 2.37 bits per heavy atom. The third-order valence-corrected chi connectivity index (χ3v) is 4.47. The van der Waals surface area contributed by atoms with E-state index in [2.05, 4.69) is 5.32 Å². The minimum Gasteiger partial charge on any atom is -0.485 e. The van der Waals surface area contributed by atoms with Gasteiger partial charge >= 0.3 is 6.18 Å². The number of ether oxygens (including phenoxy) is 1. The van der Waals surface area contributed by atoms with Gasteiger partial charge in [0.1, 0.15) is 23.3 Å². The lowest BCUT2D eigenvalue weighted by atomic mass is 9.85. The summed E-state index contributed by atoms with van der Waals surface area (Å²) in [5.74, 6) is -1.04. The fourth-order valence-corrected chi connectivity index (χ4v) is 2.96. The van der Waals surface area contributed by atoms with Crippen LogP contribution in [0.3, 0.4) is 0 Å². The maximum Gasteiger partial charge on any atom is 0.416 e. The highest BCUT2D eigenvalue weighted by molar-refractivity contribution is 5.94. The molecule has 0 fully saturated rings. The normalized spacial score (nSPS) is 21.1. The van der Waals surface area contributed by atoms with E-state index in [0.717, 1.165) is 24.3 Å². The molecule has 2 N–H and O–H groups in total. The average Bonchev–Trinajstić information content (AvgIpc) is 2.58. The van der Waals surface area contributed by atoms with Gasteiger partial charge in [0.15, 0.2) is 0 Å². The molecule has 0 saturated heterocycles. The first-order valence-electron chi connectivity index (χ1n) is 8.14. The number of hydrogen-bond acceptors (Lipinski definition) is 3. The molecule has 0 bridgehead atoms. The van der Waals surface area contributed by atoms with Crippen LogP contribution in [0.4, 0.5) is 17.6 Å². The summed E-state index contributed by atoms with van der Waals surface area (Å²) < 4.78 is 57.9. The largest absolute Gasteiger partial charge is 0.485 e. The average molecular weight is 383 g/mol. The van der Waals surface area contributed by atoms with Crippen LogP contribution in [0, 0.1) is 5.82 Å². The number of alkyl halides is 3. The molecule has 144 valence electrons. The van der Waals surface area contributed by atoms with E-state index in [9.17, 15) is 27.5 Å². The first-order valence-corrected chi connectivity index (χ1v) is 8.14. The number of rotatable bonds is 2. The number of carbonyl (C=O) groups is 1. The van der Waals surface area contributed by atoms with Gasteiger partial charge in [-0.1, -0.05) is 0 Å². The Hall–Kier alpha value is -2.61. The molecule has 4 nitrogen and oxygen atoms in total. The topological polar surface area (TPSA) is 58.6 Å². The summed E-state index contributed by atoms with van der Waals surface area (Å²) in [5, 5.41) is 13.1. The van der Waals surface area contributed by atoms with Crippen molar-refractivity contribution in [3.63, 3.8) is 0 Å². The van der Waals surface area contributed by atoms with Crippen molar-refractivity contribution in [2.75, 3.05) is 0 Å². The minimum atomic E-state index is -4.58. The lowest BCUT2D eigenvalue weighted by molar-refractivity contribution is -0.137. The van der Waals surface area contributed by atoms with E-state index >= 15 is 0 Å². The predicted octanol–water partition coefficient (Wildman–Crippen LogP) is 3.85. The number of aliphatic hydroxyl groups is 1. The van der Waals surface area contributed by atoms with Gasteiger partial charge in [0.25, 0.3) is 5.91 Å². The van der Waals surface area contributed by atoms with Gasteiger partial charge in [0, 0.05) is 11.1 Å². The number of fused-ring (bicyclic) bond motifs is 1. The first-order chi connectivity index (χ1) is 12.5. The number of nitrogens with one attached hydrogen (secondary N) is 1. The molecule has 27 heavy (non-hydrogen) atoms. The lowest BCUT2D eigenvalue weighted by Crippen LogP contribution is -2.53. The number of aliphatic hydroxyl groups excluding tert-OH is 1. The van der Waals surface area contributed by atoms with Crippen LogP contribution in [-0.4, -0.2) is 22.7 Å². The molecule has 2 aromatic carbocycles. The molecule has 1 aliphatic heterocycles. The van der Waals surface area contributed by atoms with Crippen molar-refractivity contribution in [1.82, 2.24) is 5.32 Å². The van der Waals surface area contributed by atoms with Crippen molar-refractivity contribution in [3.05, 3.63) is 65.0 Å². The summed E-state index contributed by atoms with van der Waals surface area (Å²) in [6.07, 6.45) is -5.89. The second kappa shape index (κ2) is 6.53. The monoisotopic (exact) mass is 383 g/mol. The maximum absolute atomic E-state index is 13.1. The van der Waals surface area contributed by atoms with E-state index in [4.69, 9.17) is 4.74 Å². The number of carbonyl (C=O) groups excluding carboxylic acids is 1. The number of amides is 1. The van der Waals surface area contributed by atoms with Crippen LogP contribution in [0.2, 0.25) is 0 Å². The lowest BCUT2D eigenvalue weighted by Gasteiger charge is -2.42. The molecule has 1 heterocycles. The van der Waals surface area contributed by atoms with Crippen LogP contribution in [-0.2, 0) is 6.18 Å². The van der Waals surface area contributed by atoms with Crippen LogP contribution >= 0.6 is 0 Å². The van der Waals surface area contributed by atoms with Crippen molar-refractivity contribution < 1.29 is 32.2 Å². The van der Waals surface area contributed by atoms with Crippen LogP contribution < -0.4 is 10.1 Å². The zero-order chi connectivity index (χ0) is 20.0. The quantitative estimate of drug-likeness (QED) is 0.775. The maximum atomic E-state index is 13.1. The first kappa shape index (κ1) is 19.2. The van der Waals surface area contributed by atoms with Crippen molar-refractivity contribution in [2.45, 2.75) is 37.8 Å². The van der Waals surface area contributed by atoms with Crippen molar-refractivity contribution in [1.29, 1.82) is 0 Å². The summed E-state index contributed by atoms with van der Waals surface area (Å²) in [7, 11) is 0. The number of hydrogen-bond donors (Lipinski definition) is 2. The molecule has 0 aromatic heterocycles. The Labute approximate surface area is 152 Å². The van der Waals surface area contributed by atoms with E-state index < -0.39 is 41.2 Å². The van der Waals surface area contributed by atoms with Gasteiger partial charge < -0.3 is 15.2 Å². The number of benzene rings is 2. The van der Waals surface area contributed by atoms with Gasteiger partial charge in [-0.05, 0) is 56.3 Å². The van der Waals surface area contributed by atoms with E-state index in [1.54, 1.807) is 13.8 Å². The Bertz CT molecular complexity index is 862. The van der Waals surface area contributed by atoms with E-state index in [-0.39, 0.29) is 16.9 Å². The van der Waals surface area contributed by atoms with Gasteiger partial charge in [-0.25, -0.2) is 4.39 Å². The molecule has 2 aromatic rings. The molecule has 0 unspecified atom stereocenters. The molecule has 0 saturated carbocycles. The van der Waals surface area contributed by atoms with Crippen LogP contribution in [0.15, 0.2) is 42.5 Å². The zero-order valence-electron chi connectivity index (χ0n) is 14.5. The second-order valence-corrected chi connectivity index (χ2v) is 6.86. The molecule has 1 aliphatic rings. The summed E-state index contributed by atoms with van der Waals surface area (Å²) in [6.45, 7) is 3.13. The molecule has 1 amide bonds. The van der Waals surface area contributed by atoms with Crippen LogP contribution in [0.1, 0.15) is 41.4 Å². The van der Waals surface area contributed by atoms with Gasteiger partial charge in [-0.3, -0.25) is 4.79 Å². The van der Waals surface area contributed by atoms with Crippen LogP contribution in [0.25, 0.3) is 0 Å². The molecular formula is C19H17F4NO3. The Kier molecular flexibility index (Phi) is 4.63. The highest BCUT2D eigenvalue weighted by atomic mass is 19.4.